The summed E-state index contributed by atoms with van der Waals surface area (Å²) in [5.74, 6) is -3.96. The number of phenolic OH excluding ortho intramolecular Hbond substituents is 1. The van der Waals surface area contributed by atoms with Gasteiger partial charge in [-0.25, -0.2) is 8.78 Å². The normalized spacial score (nSPS) is 10.7. The van der Waals surface area contributed by atoms with Crippen LogP contribution in [0.4, 0.5) is 8.78 Å². The van der Waals surface area contributed by atoms with Crippen molar-refractivity contribution in [3.05, 3.63) is 77.4 Å². The minimum Gasteiger partial charge on any atom is -0.505 e. The first kappa shape index (κ1) is 15.0. The molecular formula is C18H13F2NO2. The van der Waals surface area contributed by atoms with Gasteiger partial charge in [-0.05, 0) is 28.5 Å². The van der Waals surface area contributed by atoms with Gasteiger partial charge in [0.2, 0.25) is 0 Å². The van der Waals surface area contributed by atoms with E-state index < -0.39 is 28.9 Å². The van der Waals surface area contributed by atoms with Crippen LogP contribution in [0.2, 0.25) is 0 Å². The molecule has 0 aliphatic heterocycles. The van der Waals surface area contributed by atoms with Gasteiger partial charge in [0, 0.05) is 6.54 Å². The van der Waals surface area contributed by atoms with E-state index in [0.29, 0.717) is 0 Å². The van der Waals surface area contributed by atoms with Gasteiger partial charge in [0.05, 0.1) is 0 Å². The number of halogens is 2. The van der Waals surface area contributed by atoms with Gasteiger partial charge in [0.15, 0.2) is 11.6 Å². The summed E-state index contributed by atoms with van der Waals surface area (Å²) in [4.78, 5) is 12.0. The fourth-order valence-electron chi connectivity index (χ4n) is 2.46. The second-order valence-corrected chi connectivity index (χ2v) is 5.08. The summed E-state index contributed by atoms with van der Waals surface area (Å²) < 4.78 is 27.4. The van der Waals surface area contributed by atoms with Crippen LogP contribution in [0.25, 0.3) is 10.8 Å². The lowest BCUT2D eigenvalue weighted by Gasteiger charge is -2.10. The van der Waals surface area contributed by atoms with E-state index in [4.69, 9.17) is 0 Å². The van der Waals surface area contributed by atoms with E-state index in [2.05, 4.69) is 5.32 Å². The Morgan fingerprint density at radius 2 is 1.74 bits per heavy atom. The highest BCUT2D eigenvalue weighted by Crippen LogP contribution is 2.22. The molecule has 0 atom stereocenters. The highest BCUT2D eigenvalue weighted by Gasteiger charge is 2.20. The van der Waals surface area contributed by atoms with Crippen LogP contribution < -0.4 is 5.32 Å². The molecule has 0 saturated heterocycles. The standard InChI is InChI=1S/C18H13F2NO2/c19-14-8-9-15(22)17(20)16(14)18(23)21-10-12-6-3-5-11-4-1-2-7-13(11)12/h1-9,22H,10H2,(H,21,23). The lowest BCUT2D eigenvalue weighted by molar-refractivity contribution is 0.0941. The molecule has 23 heavy (non-hydrogen) atoms. The number of benzene rings is 3. The topological polar surface area (TPSA) is 49.3 Å². The van der Waals surface area contributed by atoms with Crippen LogP contribution in [-0.2, 0) is 6.54 Å². The van der Waals surface area contributed by atoms with Crippen LogP contribution in [-0.4, -0.2) is 11.0 Å². The quantitative estimate of drug-likeness (QED) is 0.773. The Kier molecular flexibility index (Phi) is 3.93. The van der Waals surface area contributed by atoms with E-state index in [1.54, 1.807) is 0 Å². The molecule has 0 heterocycles. The van der Waals surface area contributed by atoms with E-state index in [9.17, 15) is 18.7 Å². The second kappa shape index (κ2) is 6.04. The first-order valence-corrected chi connectivity index (χ1v) is 6.99. The molecule has 116 valence electrons. The molecule has 0 aliphatic carbocycles. The minimum atomic E-state index is -1.26. The fraction of sp³-hybridized carbons (Fsp3) is 0.0556. The summed E-state index contributed by atoms with van der Waals surface area (Å²) in [5.41, 5.74) is 0.0441. The Morgan fingerprint density at radius 1 is 1.00 bits per heavy atom. The van der Waals surface area contributed by atoms with Crippen molar-refractivity contribution in [3.8, 4) is 5.75 Å². The number of hydrogen-bond acceptors (Lipinski definition) is 2. The maximum Gasteiger partial charge on any atom is 0.257 e. The Bertz CT molecular complexity index is 888. The maximum absolute atomic E-state index is 13.7. The number of nitrogens with one attached hydrogen (secondary N) is 1. The van der Waals surface area contributed by atoms with E-state index in [0.717, 1.165) is 28.5 Å². The maximum atomic E-state index is 13.7. The number of phenols is 1. The van der Waals surface area contributed by atoms with Crippen molar-refractivity contribution in [2.45, 2.75) is 6.54 Å². The highest BCUT2D eigenvalue weighted by molar-refractivity contribution is 5.95. The van der Waals surface area contributed by atoms with Crippen molar-refractivity contribution in [2.75, 3.05) is 0 Å². The molecule has 0 fully saturated rings. The third-order valence-corrected chi connectivity index (χ3v) is 3.62. The number of carbonyl (C=O) groups is 1. The predicted octanol–water partition coefficient (Wildman–Crippen LogP) is 3.75. The molecule has 3 aromatic carbocycles. The van der Waals surface area contributed by atoms with Crippen LogP contribution in [0.15, 0.2) is 54.6 Å². The van der Waals surface area contributed by atoms with Crippen LogP contribution in [0.3, 0.4) is 0 Å². The molecule has 0 spiro atoms. The van der Waals surface area contributed by atoms with Crippen molar-refractivity contribution in [1.82, 2.24) is 5.32 Å². The molecule has 3 nitrogen and oxygen atoms in total. The van der Waals surface area contributed by atoms with Crippen LogP contribution in [0.1, 0.15) is 15.9 Å². The Labute approximate surface area is 131 Å². The Morgan fingerprint density at radius 3 is 2.57 bits per heavy atom. The average molecular weight is 313 g/mol. The summed E-state index contributed by atoms with van der Waals surface area (Å²) >= 11 is 0. The van der Waals surface area contributed by atoms with Crippen LogP contribution >= 0.6 is 0 Å². The van der Waals surface area contributed by atoms with Crippen LogP contribution in [0.5, 0.6) is 5.75 Å². The van der Waals surface area contributed by atoms with E-state index in [1.807, 2.05) is 42.5 Å². The largest absolute Gasteiger partial charge is 0.505 e. The first-order chi connectivity index (χ1) is 11.1. The Hall–Kier alpha value is -2.95. The first-order valence-electron chi connectivity index (χ1n) is 6.99. The van der Waals surface area contributed by atoms with E-state index in [1.165, 1.54) is 0 Å². The monoisotopic (exact) mass is 313 g/mol. The molecule has 1 amide bonds. The predicted molar refractivity (Wildman–Crippen MR) is 83.1 cm³/mol. The fourth-order valence-corrected chi connectivity index (χ4v) is 2.46. The second-order valence-electron chi connectivity index (χ2n) is 5.08. The molecule has 0 saturated carbocycles. The molecule has 0 aliphatic rings. The molecule has 5 heteroatoms. The third kappa shape index (κ3) is 2.85. The van der Waals surface area contributed by atoms with Gasteiger partial charge < -0.3 is 10.4 Å². The van der Waals surface area contributed by atoms with Gasteiger partial charge in [-0.15, -0.1) is 0 Å². The molecule has 3 rings (SSSR count). The van der Waals surface area contributed by atoms with Crippen molar-refractivity contribution in [3.63, 3.8) is 0 Å². The lowest BCUT2D eigenvalue weighted by atomic mass is 10.0. The molecular weight excluding hydrogens is 300 g/mol. The third-order valence-electron chi connectivity index (χ3n) is 3.62. The van der Waals surface area contributed by atoms with E-state index >= 15 is 0 Å². The SMILES string of the molecule is O=C(NCc1cccc2ccccc12)c1c(F)ccc(O)c1F. The minimum absolute atomic E-state index is 0.120. The molecule has 2 N–H and O–H groups in total. The Balaban J connectivity index is 1.86. The summed E-state index contributed by atoms with van der Waals surface area (Å²) in [6.07, 6.45) is 0. The van der Waals surface area contributed by atoms with Crippen molar-refractivity contribution < 1.29 is 18.7 Å². The highest BCUT2D eigenvalue weighted by atomic mass is 19.1. The number of hydrogen-bond donors (Lipinski definition) is 2. The summed E-state index contributed by atoms with van der Waals surface area (Å²) in [7, 11) is 0. The van der Waals surface area contributed by atoms with Crippen molar-refractivity contribution >= 4 is 16.7 Å². The van der Waals surface area contributed by atoms with Gasteiger partial charge >= 0.3 is 0 Å². The smallest absolute Gasteiger partial charge is 0.257 e. The summed E-state index contributed by atoms with van der Waals surface area (Å²) in [6, 6.07) is 15.0. The summed E-state index contributed by atoms with van der Waals surface area (Å²) in [6.45, 7) is 0.120. The molecule has 0 unspecified atom stereocenters. The summed E-state index contributed by atoms with van der Waals surface area (Å²) in [5, 5.41) is 13.7. The number of aromatic hydroxyl groups is 1. The molecule has 3 aromatic rings. The number of amides is 1. The van der Waals surface area contributed by atoms with Crippen molar-refractivity contribution in [1.29, 1.82) is 0 Å². The van der Waals surface area contributed by atoms with Gasteiger partial charge in [-0.2, -0.15) is 0 Å². The number of rotatable bonds is 3. The number of carbonyl (C=O) groups excluding carboxylic acids is 1. The average Bonchev–Trinajstić information content (AvgIpc) is 2.56. The van der Waals surface area contributed by atoms with Crippen LogP contribution in [0, 0.1) is 11.6 Å². The van der Waals surface area contributed by atoms with Gasteiger partial charge in [-0.3, -0.25) is 4.79 Å². The zero-order valence-electron chi connectivity index (χ0n) is 12.0. The van der Waals surface area contributed by atoms with Gasteiger partial charge in [0.1, 0.15) is 11.4 Å². The van der Waals surface area contributed by atoms with Gasteiger partial charge in [0.25, 0.3) is 5.91 Å². The van der Waals surface area contributed by atoms with Gasteiger partial charge in [-0.1, -0.05) is 42.5 Å². The lowest BCUT2D eigenvalue weighted by Crippen LogP contribution is -2.25. The number of fused-ring (bicyclic) bond motifs is 1. The van der Waals surface area contributed by atoms with Crippen molar-refractivity contribution in [2.24, 2.45) is 0 Å². The zero-order chi connectivity index (χ0) is 16.4. The van der Waals surface area contributed by atoms with E-state index in [-0.39, 0.29) is 6.54 Å². The molecule has 0 aromatic heterocycles. The molecule has 0 bridgehead atoms. The molecule has 0 radical (unpaired) electrons. The zero-order valence-corrected chi connectivity index (χ0v) is 12.0.